The molecule has 98 valence electrons. The molecular weight excluding hydrogens is 232 g/mol. The van der Waals surface area contributed by atoms with Crippen LogP contribution in [0.25, 0.3) is 0 Å². The van der Waals surface area contributed by atoms with Gasteiger partial charge in [-0.15, -0.1) is 0 Å². The molecule has 0 spiro atoms. The minimum atomic E-state index is -0.725. The van der Waals surface area contributed by atoms with Gasteiger partial charge in [-0.05, 0) is 25.8 Å². The lowest BCUT2D eigenvalue weighted by atomic mass is 9.99. The maximum Gasteiger partial charge on any atom is 0.308 e. The maximum absolute atomic E-state index is 11.0. The fourth-order valence-electron chi connectivity index (χ4n) is 2.77. The highest BCUT2D eigenvalue weighted by molar-refractivity contribution is 5.70. The van der Waals surface area contributed by atoms with Crippen molar-refractivity contribution in [1.29, 1.82) is 0 Å². The normalized spacial score (nSPS) is 27.8. The highest BCUT2D eigenvalue weighted by Gasteiger charge is 2.28. The Bertz CT molecular complexity index is 451. The van der Waals surface area contributed by atoms with Gasteiger partial charge in [0.1, 0.15) is 5.82 Å². The van der Waals surface area contributed by atoms with Gasteiger partial charge in [0.25, 0.3) is 0 Å². The van der Waals surface area contributed by atoms with Gasteiger partial charge in [0.05, 0.1) is 12.5 Å². The molecular formula is C12H18N4O2. The molecule has 0 saturated carbocycles. The fraction of sp³-hybridized carbons (Fsp3) is 0.750. The summed E-state index contributed by atoms with van der Waals surface area (Å²) in [6.07, 6.45) is 3.69. The van der Waals surface area contributed by atoms with Gasteiger partial charge in [0, 0.05) is 18.9 Å². The van der Waals surface area contributed by atoms with Crippen molar-refractivity contribution < 1.29 is 9.90 Å². The average Bonchev–Trinajstić information content (AvgIpc) is 2.82. The van der Waals surface area contributed by atoms with Crippen LogP contribution in [0.3, 0.4) is 0 Å². The second kappa shape index (κ2) is 4.68. The van der Waals surface area contributed by atoms with E-state index in [0.717, 1.165) is 44.0 Å². The van der Waals surface area contributed by atoms with Crippen molar-refractivity contribution in [2.45, 2.75) is 38.1 Å². The second-order valence-electron chi connectivity index (χ2n) is 5.19. The van der Waals surface area contributed by atoms with Gasteiger partial charge >= 0.3 is 5.97 Å². The van der Waals surface area contributed by atoms with Crippen LogP contribution < -0.4 is 5.32 Å². The third-order valence-electron chi connectivity index (χ3n) is 3.89. The number of aryl methyl sites for hydroxylation is 1. The third-order valence-corrected chi connectivity index (χ3v) is 3.89. The fourth-order valence-corrected chi connectivity index (χ4v) is 2.77. The van der Waals surface area contributed by atoms with Gasteiger partial charge in [-0.1, -0.05) is 0 Å². The number of carboxylic acid groups (broad SMARTS) is 1. The van der Waals surface area contributed by atoms with Gasteiger partial charge < -0.3 is 10.4 Å². The molecule has 1 aromatic heterocycles. The first kappa shape index (κ1) is 11.6. The lowest BCUT2D eigenvalue weighted by Crippen LogP contribution is -2.29. The molecule has 6 heteroatoms. The van der Waals surface area contributed by atoms with E-state index >= 15 is 0 Å². The van der Waals surface area contributed by atoms with Gasteiger partial charge in [-0.25, -0.2) is 9.67 Å². The second-order valence-corrected chi connectivity index (χ2v) is 5.19. The van der Waals surface area contributed by atoms with E-state index in [-0.39, 0.29) is 5.92 Å². The molecule has 0 aromatic carbocycles. The Morgan fingerprint density at radius 1 is 1.44 bits per heavy atom. The molecule has 0 bridgehead atoms. The molecule has 0 radical (unpaired) electrons. The maximum atomic E-state index is 11.0. The summed E-state index contributed by atoms with van der Waals surface area (Å²) in [5.41, 5.74) is 0. The number of nitrogens with one attached hydrogen (secondary N) is 1. The zero-order valence-corrected chi connectivity index (χ0v) is 10.3. The molecule has 0 amide bonds. The third kappa shape index (κ3) is 2.12. The van der Waals surface area contributed by atoms with Crippen molar-refractivity contribution in [3.63, 3.8) is 0 Å². The molecule has 2 atom stereocenters. The molecule has 3 heterocycles. The minimum absolute atomic E-state index is 0.309. The number of hydrogen-bond donors (Lipinski definition) is 2. The van der Waals surface area contributed by atoms with Crippen LogP contribution in [0.1, 0.15) is 36.8 Å². The van der Waals surface area contributed by atoms with E-state index in [9.17, 15) is 4.79 Å². The highest BCUT2D eigenvalue weighted by atomic mass is 16.4. The van der Waals surface area contributed by atoms with Gasteiger partial charge in [-0.3, -0.25) is 4.79 Å². The Morgan fingerprint density at radius 3 is 3.06 bits per heavy atom. The number of rotatable bonds is 2. The zero-order valence-electron chi connectivity index (χ0n) is 10.3. The summed E-state index contributed by atoms with van der Waals surface area (Å²) < 4.78 is 1.80. The number of carbonyl (C=O) groups is 1. The predicted octanol–water partition coefficient (Wildman–Crippen LogP) is 0.392. The Hall–Kier alpha value is -1.43. The monoisotopic (exact) mass is 250 g/mol. The standard InChI is InChI=1S/C12H18N4O2/c17-12(18)9-3-4-10-14-11(15-16(10)7-9)8-2-1-5-13-6-8/h8-9,13H,1-7H2,(H,17,18). The van der Waals surface area contributed by atoms with E-state index in [1.165, 1.54) is 0 Å². The van der Waals surface area contributed by atoms with E-state index in [1.807, 2.05) is 0 Å². The first-order chi connectivity index (χ1) is 8.74. The van der Waals surface area contributed by atoms with Crippen molar-refractivity contribution >= 4 is 5.97 Å². The number of aromatic nitrogens is 3. The number of fused-ring (bicyclic) bond motifs is 1. The Morgan fingerprint density at radius 2 is 2.33 bits per heavy atom. The summed E-state index contributed by atoms with van der Waals surface area (Å²) in [5, 5.41) is 16.9. The first-order valence-electron chi connectivity index (χ1n) is 6.61. The van der Waals surface area contributed by atoms with Crippen LogP contribution >= 0.6 is 0 Å². The molecule has 18 heavy (non-hydrogen) atoms. The molecule has 0 aliphatic carbocycles. The first-order valence-corrected chi connectivity index (χ1v) is 6.61. The Labute approximate surface area is 105 Å². The van der Waals surface area contributed by atoms with Crippen LogP contribution in [-0.4, -0.2) is 38.9 Å². The summed E-state index contributed by atoms with van der Waals surface area (Å²) in [6, 6.07) is 0. The molecule has 2 unspecified atom stereocenters. The number of carboxylic acids is 1. The van der Waals surface area contributed by atoms with Crippen LogP contribution in [-0.2, 0) is 17.8 Å². The zero-order chi connectivity index (χ0) is 12.5. The summed E-state index contributed by atoms with van der Waals surface area (Å²) in [7, 11) is 0. The van der Waals surface area contributed by atoms with Crippen LogP contribution in [0.2, 0.25) is 0 Å². The van der Waals surface area contributed by atoms with Crippen molar-refractivity contribution in [2.75, 3.05) is 13.1 Å². The number of nitrogens with zero attached hydrogens (tertiary/aromatic N) is 3. The Balaban J connectivity index is 1.78. The topological polar surface area (TPSA) is 80.0 Å². The summed E-state index contributed by atoms with van der Waals surface area (Å²) >= 11 is 0. The van der Waals surface area contributed by atoms with Gasteiger partial charge in [-0.2, -0.15) is 5.10 Å². The SMILES string of the molecule is O=C(O)C1CCc2nc(C3CCCNC3)nn2C1. The average molecular weight is 250 g/mol. The molecule has 3 rings (SSSR count). The number of aliphatic carboxylic acids is 1. The molecule has 2 aliphatic heterocycles. The van der Waals surface area contributed by atoms with Crippen LogP contribution in [0, 0.1) is 5.92 Å². The van der Waals surface area contributed by atoms with Crippen molar-refractivity contribution in [1.82, 2.24) is 20.1 Å². The lowest BCUT2D eigenvalue weighted by molar-refractivity contribution is -0.142. The summed E-state index contributed by atoms with van der Waals surface area (Å²) in [4.78, 5) is 15.6. The smallest absolute Gasteiger partial charge is 0.308 e. The number of hydrogen-bond acceptors (Lipinski definition) is 4. The van der Waals surface area contributed by atoms with Crippen LogP contribution in [0.5, 0.6) is 0 Å². The molecule has 1 aromatic rings. The van der Waals surface area contributed by atoms with Gasteiger partial charge in [0.2, 0.25) is 0 Å². The molecule has 1 saturated heterocycles. The van der Waals surface area contributed by atoms with E-state index < -0.39 is 5.97 Å². The highest BCUT2D eigenvalue weighted by Crippen LogP contribution is 2.24. The summed E-state index contributed by atoms with van der Waals surface area (Å²) in [6.45, 7) is 2.48. The molecule has 1 fully saturated rings. The van der Waals surface area contributed by atoms with Crippen LogP contribution in [0.4, 0.5) is 0 Å². The van der Waals surface area contributed by atoms with Crippen molar-refractivity contribution in [3.8, 4) is 0 Å². The van der Waals surface area contributed by atoms with E-state index in [4.69, 9.17) is 5.11 Å². The van der Waals surface area contributed by atoms with E-state index in [2.05, 4.69) is 15.4 Å². The molecule has 2 aliphatic rings. The molecule has 6 nitrogen and oxygen atoms in total. The number of piperidine rings is 1. The summed E-state index contributed by atoms with van der Waals surface area (Å²) in [5.74, 6) is 1.20. The van der Waals surface area contributed by atoms with Crippen molar-refractivity contribution in [3.05, 3.63) is 11.6 Å². The predicted molar refractivity (Wildman–Crippen MR) is 64.3 cm³/mol. The van der Waals surface area contributed by atoms with Gasteiger partial charge in [0.15, 0.2) is 5.82 Å². The van der Waals surface area contributed by atoms with Crippen molar-refractivity contribution in [2.24, 2.45) is 5.92 Å². The van der Waals surface area contributed by atoms with E-state index in [1.54, 1.807) is 4.68 Å². The molecule has 2 N–H and O–H groups in total. The minimum Gasteiger partial charge on any atom is -0.481 e. The largest absolute Gasteiger partial charge is 0.481 e. The van der Waals surface area contributed by atoms with Crippen LogP contribution in [0.15, 0.2) is 0 Å². The van der Waals surface area contributed by atoms with E-state index in [0.29, 0.717) is 18.9 Å². The lowest BCUT2D eigenvalue weighted by Gasteiger charge is -2.19. The quantitative estimate of drug-likeness (QED) is 0.793. The Kier molecular flexibility index (Phi) is 3.03.